The zero-order valence-electron chi connectivity index (χ0n) is 11.2. The number of thioether (sulfide) groups is 1. The highest BCUT2D eigenvalue weighted by Crippen LogP contribution is 2.25. The Morgan fingerprint density at radius 3 is 3.06 bits per heavy atom. The van der Waals surface area contributed by atoms with Gasteiger partial charge >= 0.3 is 0 Å². The number of methoxy groups -OCH3 is 1. The molecular weight excluding hydrogens is 250 g/mol. The summed E-state index contributed by atoms with van der Waals surface area (Å²) >= 11 is 1.97. The summed E-state index contributed by atoms with van der Waals surface area (Å²) in [4.78, 5) is 4.47. The second-order valence-corrected chi connectivity index (χ2v) is 5.88. The zero-order chi connectivity index (χ0) is 13.0. The maximum atomic E-state index is 5.47. The Balaban J connectivity index is 2.01. The molecule has 2 unspecified atom stereocenters. The predicted molar refractivity (Wildman–Crippen MR) is 71.8 cm³/mol. The molecule has 1 fully saturated rings. The van der Waals surface area contributed by atoms with Crippen LogP contribution in [0.5, 0.6) is 0 Å². The van der Waals surface area contributed by atoms with Crippen molar-refractivity contribution in [2.75, 3.05) is 25.2 Å². The monoisotopic (exact) mass is 271 g/mol. The minimum absolute atomic E-state index is 0.437. The third kappa shape index (κ3) is 3.05. The summed E-state index contributed by atoms with van der Waals surface area (Å²) in [5, 5.41) is 7.51. The van der Waals surface area contributed by atoms with E-state index in [0.717, 1.165) is 25.1 Å². The number of nitrogens with one attached hydrogen (secondary N) is 1. The van der Waals surface area contributed by atoms with E-state index in [9.17, 15) is 0 Å². The molecule has 0 aromatic carbocycles. The highest BCUT2D eigenvalue weighted by atomic mass is 32.2. The van der Waals surface area contributed by atoms with Gasteiger partial charge < -0.3 is 14.6 Å². The Morgan fingerprint density at radius 2 is 2.44 bits per heavy atom. The number of ether oxygens (including phenoxy) is 1. The minimum atomic E-state index is -0.448. The average molecular weight is 271 g/mol. The van der Waals surface area contributed by atoms with Crippen molar-refractivity contribution in [1.82, 2.24) is 15.5 Å². The Hall–Kier alpha value is -0.590. The van der Waals surface area contributed by atoms with E-state index >= 15 is 0 Å². The third-order valence-corrected chi connectivity index (χ3v) is 4.62. The summed E-state index contributed by atoms with van der Waals surface area (Å²) in [6.07, 6.45) is 1.61. The van der Waals surface area contributed by atoms with E-state index in [0.29, 0.717) is 17.8 Å². The smallest absolute Gasteiger partial charge is 0.228 e. The maximum absolute atomic E-state index is 5.47. The summed E-state index contributed by atoms with van der Waals surface area (Å²) in [6, 6.07) is 0.437. The highest BCUT2D eigenvalue weighted by Gasteiger charge is 2.30. The lowest BCUT2D eigenvalue weighted by molar-refractivity contribution is -0.0106. The van der Waals surface area contributed by atoms with Crippen LogP contribution in [0.3, 0.4) is 0 Å². The standard InChI is InChI=1S/C12H21N3O2S/c1-4-12(2,16-3)11-14-10(17-15-11)7-9-8-18-6-5-13-9/h9,13H,4-8H2,1-3H3. The van der Waals surface area contributed by atoms with Gasteiger partial charge in [0.2, 0.25) is 11.7 Å². The molecule has 2 rings (SSSR count). The largest absolute Gasteiger partial charge is 0.370 e. The van der Waals surface area contributed by atoms with Crippen molar-refractivity contribution in [3.63, 3.8) is 0 Å². The maximum Gasteiger partial charge on any atom is 0.228 e. The molecule has 2 atom stereocenters. The van der Waals surface area contributed by atoms with Crippen LogP contribution in [0.2, 0.25) is 0 Å². The summed E-state index contributed by atoms with van der Waals surface area (Å²) in [6.45, 7) is 5.09. The van der Waals surface area contributed by atoms with Crippen LogP contribution < -0.4 is 5.32 Å². The average Bonchev–Trinajstić information content (AvgIpc) is 2.88. The van der Waals surface area contributed by atoms with E-state index in [1.165, 1.54) is 5.75 Å². The van der Waals surface area contributed by atoms with Gasteiger partial charge in [0.15, 0.2) is 0 Å². The normalized spacial score (nSPS) is 23.8. The summed E-state index contributed by atoms with van der Waals surface area (Å²) in [5.74, 6) is 3.63. The van der Waals surface area contributed by atoms with Gasteiger partial charge in [-0.25, -0.2) is 0 Å². The number of hydrogen-bond donors (Lipinski definition) is 1. The van der Waals surface area contributed by atoms with E-state index in [2.05, 4.69) is 22.4 Å². The number of aromatic nitrogens is 2. The van der Waals surface area contributed by atoms with Crippen molar-refractivity contribution >= 4 is 11.8 Å². The Kier molecular flexibility index (Phi) is 4.64. The molecule has 0 spiro atoms. The van der Waals surface area contributed by atoms with Crippen LogP contribution in [0.25, 0.3) is 0 Å². The topological polar surface area (TPSA) is 60.2 Å². The van der Waals surface area contributed by atoms with Crippen LogP contribution in [0.4, 0.5) is 0 Å². The van der Waals surface area contributed by atoms with Crippen LogP contribution in [-0.4, -0.2) is 41.3 Å². The molecule has 0 bridgehead atoms. The molecule has 1 aliphatic rings. The molecule has 1 aromatic rings. The van der Waals surface area contributed by atoms with Crippen LogP contribution in [0.1, 0.15) is 32.0 Å². The van der Waals surface area contributed by atoms with Gasteiger partial charge in [0.1, 0.15) is 5.60 Å². The van der Waals surface area contributed by atoms with Gasteiger partial charge in [0, 0.05) is 37.6 Å². The van der Waals surface area contributed by atoms with E-state index in [1.807, 2.05) is 18.7 Å². The van der Waals surface area contributed by atoms with Gasteiger partial charge in [-0.05, 0) is 13.3 Å². The molecule has 1 N–H and O–H groups in total. The fourth-order valence-corrected chi connectivity index (χ4v) is 2.86. The molecule has 6 heteroatoms. The molecule has 18 heavy (non-hydrogen) atoms. The van der Waals surface area contributed by atoms with E-state index in [-0.39, 0.29) is 0 Å². The predicted octanol–water partition coefficient (Wildman–Crippen LogP) is 1.59. The molecular formula is C12H21N3O2S. The number of rotatable bonds is 5. The summed E-state index contributed by atoms with van der Waals surface area (Å²) < 4.78 is 10.8. The van der Waals surface area contributed by atoms with Crippen molar-refractivity contribution in [2.45, 2.75) is 38.3 Å². The fraction of sp³-hybridized carbons (Fsp3) is 0.833. The van der Waals surface area contributed by atoms with Gasteiger partial charge in [0.25, 0.3) is 0 Å². The molecule has 0 saturated carbocycles. The molecule has 0 aliphatic carbocycles. The first-order chi connectivity index (χ1) is 8.68. The Bertz CT molecular complexity index is 373. The third-order valence-electron chi connectivity index (χ3n) is 3.49. The van der Waals surface area contributed by atoms with Gasteiger partial charge in [-0.2, -0.15) is 16.7 Å². The second kappa shape index (κ2) is 6.04. The van der Waals surface area contributed by atoms with Crippen molar-refractivity contribution in [2.24, 2.45) is 0 Å². The van der Waals surface area contributed by atoms with E-state index in [1.54, 1.807) is 7.11 Å². The minimum Gasteiger partial charge on any atom is -0.370 e. The van der Waals surface area contributed by atoms with Gasteiger partial charge in [-0.15, -0.1) is 0 Å². The number of hydrogen-bond acceptors (Lipinski definition) is 6. The Morgan fingerprint density at radius 1 is 1.61 bits per heavy atom. The molecule has 1 saturated heterocycles. The summed E-state index contributed by atoms with van der Waals surface area (Å²) in [5.41, 5.74) is -0.448. The van der Waals surface area contributed by atoms with Crippen molar-refractivity contribution < 1.29 is 9.26 Å². The van der Waals surface area contributed by atoms with Crippen LogP contribution in [0.15, 0.2) is 4.52 Å². The van der Waals surface area contributed by atoms with Crippen molar-refractivity contribution in [3.8, 4) is 0 Å². The van der Waals surface area contributed by atoms with Crippen LogP contribution in [-0.2, 0) is 16.8 Å². The quantitative estimate of drug-likeness (QED) is 0.877. The molecule has 0 radical (unpaired) electrons. The first-order valence-electron chi connectivity index (χ1n) is 6.37. The lowest BCUT2D eigenvalue weighted by Crippen LogP contribution is -2.39. The fourth-order valence-electron chi connectivity index (χ4n) is 1.91. The summed E-state index contributed by atoms with van der Waals surface area (Å²) in [7, 11) is 1.68. The lowest BCUT2D eigenvalue weighted by Gasteiger charge is -2.22. The van der Waals surface area contributed by atoms with Crippen molar-refractivity contribution in [3.05, 3.63) is 11.7 Å². The molecule has 102 valence electrons. The van der Waals surface area contributed by atoms with E-state index in [4.69, 9.17) is 9.26 Å². The van der Waals surface area contributed by atoms with Gasteiger partial charge in [-0.3, -0.25) is 0 Å². The zero-order valence-corrected chi connectivity index (χ0v) is 12.0. The first-order valence-corrected chi connectivity index (χ1v) is 7.52. The Labute approximate surface area is 112 Å². The highest BCUT2D eigenvalue weighted by molar-refractivity contribution is 7.99. The molecule has 1 aliphatic heterocycles. The van der Waals surface area contributed by atoms with Gasteiger partial charge in [-0.1, -0.05) is 12.1 Å². The van der Waals surface area contributed by atoms with Crippen molar-refractivity contribution in [1.29, 1.82) is 0 Å². The van der Waals surface area contributed by atoms with Crippen LogP contribution >= 0.6 is 11.8 Å². The molecule has 0 amide bonds. The van der Waals surface area contributed by atoms with Gasteiger partial charge in [0.05, 0.1) is 0 Å². The molecule has 2 heterocycles. The first kappa shape index (κ1) is 13.8. The second-order valence-electron chi connectivity index (χ2n) is 4.73. The van der Waals surface area contributed by atoms with E-state index < -0.39 is 5.60 Å². The lowest BCUT2D eigenvalue weighted by atomic mass is 10.0. The molecule has 1 aromatic heterocycles. The van der Waals surface area contributed by atoms with Crippen LogP contribution in [0, 0.1) is 0 Å². The number of nitrogens with zero attached hydrogens (tertiary/aromatic N) is 2. The SMILES string of the molecule is CCC(C)(OC)c1noc(CC2CSCCN2)n1. The molecule has 5 nitrogen and oxygen atoms in total.